The number of rotatable bonds is 9. The Hall–Kier alpha value is -3.99. The summed E-state index contributed by atoms with van der Waals surface area (Å²) in [4.78, 5) is 41.0. The van der Waals surface area contributed by atoms with Crippen molar-refractivity contribution in [3.05, 3.63) is 82.9 Å². The van der Waals surface area contributed by atoms with Gasteiger partial charge in [-0.25, -0.2) is 0 Å². The molecule has 3 saturated carbocycles. The Morgan fingerprint density at radius 2 is 1.65 bits per heavy atom. The van der Waals surface area contributed by atoms with Gasteiger partial charge in [0.25, 0.3) is 0 Å². The second kappa shape index (κ2) is 9.88. The van der Waals surface area contributed by atoms with Crippen LogP contribution in [0.1, 0.15) is 70.9 Å². The summed E-state index contributed by atoms with van der Waals surface area (Å²) in [5.41, 5.74) is 6.53. The molecule has 3 aliphatic carbocycles. The number of aryl methyl sites for hydroxylation is 1. The molecule has 1 amide bonds. The van der Waals surface area contributed by atoms with Crippen molar-refractivity contribution < 1.29 is 18.8 Å². The zero-order valence-electron chi connectivity index (χ0n) is 23.7. The SMILES string of the molecule is CCC(=O)c1c(-c2ccc(C)cc2)oc2cc(CC(=O)N(C)C)c(-c3cccc(C(=O)CC45CC(C4)C5)c3)cc12. The second-order valence-electron chi connectivity index (χ2n) is 12.1. The fourth-order valence-corrected chi connectivity index (χ4v) is 6.46. The standard InChI is InChI=1S/C35H35NO4/c1-5-29(37)33-28-16-27(24-7-6-8-25(13-24)30(38)20-35-17-22(18-35)19-35)26(15-32(39)36(3)4)14-31(28)40-34(33)23-11-9-21(2)10-12-23/h6-14,16,22H,5,15,17-20H2,1-4H3. The number of Topliss-reactive ketones (excluding diaryl/α,β-unsaturated/α-hetero) is 2. The Balaban J connectivity index is 1.49. The molecule has 7 rings (SSSR count). The van der Waals surface area contributed by atoms with Gasteiger partial charge in [0.15, 0.2) is 11.6 Å². The molecule has 5 heteroatoms. The minimum absolute atomic E-state index is 0.000112. The summed E-state index contributed by atoms with van der Waals surface area (Å²) < 4.78 is 6.36. The van der Waals surface area contributed by atoms with Crippen molar-refractivity contribution in [3.8, 4) is 22.5 Å². The number of ketones is 2. The first-order valence-corrected chi connectivity index (χ1v) is 14.2. The normalized spacial score (nSPS) is 19.1. The Kier molecular flexibility index (Phi) is 6.48. The van der Waals surface area contributed by atoms with E-state index in [4.69, 9.17) is 4.42 Å². The van der Waals surface area contributed by atoms with Crippen LogP contribution in [0.2, 0.25) is 0 Å². The quantitative estimate of drug-likeness (QED) is 0.207. The minimum atomic E-state index is -0.0355. The van der Waals surface area contributed by atoms with Gasteiger partial charge in [-0.2, -0.15) is 0 Å². The molecule has 0 atom stereocenters. The van der Waals surface area contributed by atoms with Crippen LogP contribution in [-0.2, 0) is 11.2 Å². The Bertz CT molecular complexity index is 1640. The molecule has 3 aromatic carbocycles. The molecule has 0 radical (unpaired) electrons. The third kappa shape index (κ3) is 4.57. The number of benzene rings is 3. The van der Waals surface area contributed by atoms with Crippen LogP contribution in [0.3, 0.4) is 0 Å². The van der Waals surface area contributed by atoms with Crippen molar-refractivity contribution >= 4 is 28.4 Å². The van der Waals surface area contributed by atoms with Crippen molar-refractivity contribution in [1.29, 1.82) is 0 Å². The lowest BCUT2D eigenvalue weighted by molar-refractivity contribution is -0.127. The van der Waals surface area contributed by atoms with Crippen molar-refractivity contribution in [3.63, 3.8) is 0 Å². The average molecular weight is 534 g/mol. The van der Waals surface area contributed by atoms with Crippen LogP contribution in [0.15, 0.2) is 65.1 Å². The zero-order valence-corrected chi connectivity index (χ0v) is 23.7. The Morgan fingerprint density at radius 1 is 0.925 bits per heavy atom. The van der Waals surface area contributed by atoms with Crippen molar-refractivity contribution in [2.45, 2.75) is 52.4 Å². The van der Waals surface area contributed by atoms with Gasteiger partial charge < -0.3 is 9.32 Å². The summed E-state index contributed by atoms with van der Waals surface area (Å²) in [6.07, 6.45) is 4.68. The molecule has 4 aromatic rings. The lowest BCUT2D eigenvalue weighted by Crippen LogP contribution is -2.52. The van der Waals surface area contributed by atoms with Crippen molar-refractivity contribution in [2.75, 3.05) is 14.1 Å². The summed E-state index contributed by atoms with van der Waals surface area (Å²) >= 11 is 0. The predicted molar refractivity (Wildman–Crippen MR) is 158 cm³/mol. The molecule has 40 heavy (non-hydrogen) atoms. The highest BCUT2D eigenvalue weighted by atomic mass is 16.3. The van der Waals surface area contributed by atoms with E-state index in [1.807, 2.05) is 74.5 Å². The number of fused-ring (bicyclic) bond motifs is 1. The van der Waals surface area contributed by atoms with E-state index < -0.39 is 0 Å². The van der Waals surface area contributed by atoms with Crippen molar-refractivity contribution in [2.24, 2.45) is 11.3 Å². The van der Waals surface area contributed by atoms with E-state index in [-0.39, 0.29) is 29.3 Å². The molecule has 204 valence electrons. The highest BCUT2D eigenvalue weighted by Gasteiger charge is 2.56. The number of nitrogens with zero attached hydrogens (tertiary/aromatic N) is 1. The van der Waals surface area contributed by atoms with E-state index in [9.17, 15) is 14.4 Å². The van der Waals surface area contributed by atoms with Crippen LogP contribution in [0.25, 0.3) is 33.4 Å². The maximum Gasteiger partial charge on any atom is 0.226 e. The van der Waals surface area contributed by atoms with Crippen molar-refractivity contribution in [1.82, 2.24) is 4.90 Å². The summed E-state index contributed by atoms with van der Waals surface area (Å²) in [5.74, 6) is 1.53. The molecule has 3 fully saturated rings. The molecule has 2 bridgehead atoms. The minimum Gasteiger partial charge on any atom is -0.455 e. The van der Waals surface area contributed by atoms with Crippen LogP contribution in [-0.4, -0.2) is 36.5 Å². The maximum absolute atomic E-state index is 13.3. The van der Waals surface area contributed by atoms with E-state index in [1.54, 1.807) is 19.0 Å². The topological polar surface area (TPSA) is 67.6 Å². The smallest absolute Gasteiger partial charge is 0.226 e. The number of carbonyl (C=O) groups excluding carboxylic acids is 3. The molecule has 0 spiro atoms. The molecule has 0 unspecified atom stereocenters. The molecule has 0 aliphatic heterocycles. The van der Waals surface area contributed by atoms with Crippen LogP contribution < -0.4 is 0 Å². The monoisotopic (exact) mass is 533 g/mol. The number of furan rings is 1. The van der Waals surface area contributed by atoms with Gasteiger partial charge in [-0.15, -0.1) is 0 Å². The maximum atomic E-state index is 13.3. The van der Waals surface area contributed by atoms with Crippen LogP contribution in [0.4, 0.5) is 0 Å². The van der Waals surface area contributed by atoms with Crippen LogP contribution in [0.5, 0.6) is 0 Å². The molecule has 1 heterocycles. The Labute approximate surface area is 235 Å². The number of carbonyl (C=O) groups is 3. The predicted octanol–water partition coefficient (Wildman–Crippen LogP) is 7.67. The first-order chi connectivity index (χ1) is 19.2. The van der Waals surface area contributed by atoms with E-state index >= 15 is 0 Å². The number of hydrogen-bond acceptors (Lipinski definition) is 4. The third-order valence-electron chi connectivity index (χ3n) is 8.86. The summed E-state index contributed by atoms with van der Waals surface area (Å²) in [5, 5.41) is 0.726. The Morgan fingerprint density at radius 3 is 2.27 bits per heavy atom. The highest BCUT2D eigenvalue weighted by molar-refractivity contribution is 6.13. The first-order valence-electron chi connectivity index (χ1n) is 14.2. The molecule has 3 aliphatic rings. The van der Waals surface area contributed by atoms with Gasteiger partial charge in [-0.1, -0.05) is 55.0 Å². The van der Waals surface area contributed by atoms with Gasteiger partial charge in [0.1, 0.15) is 11.3 Å². The lowest BCUT2D eigenvalue weighted by atomic mass is 9.43. The molecule has 0 N–H and O–H groups in total. The second-order valence-corrected chi connectivity index (χ2v) is 12.1. The first kappa shape index (κ1) is 26.2. The average Bonchev–Trinajstić information content (AvgIpc) is 3.27. The third-order valence-corrected chi connectivity index (χ3v) is 8.86. The molecule has 1 aromatic heterocycles. The van der Waals surface area contributed by atoms with Crippen LogP contribution >= 0.6 is 0 Å². The number of likely N-dealkylation sites (N-methyl/N-ethyl adjacent to an activating group) is 1. The van der Waals surface area contributed by atoms with E-state index in [0.29, 0.717) is 35.3 Å². The van der Waals surface area contributed by atoms with Gasteiger partial charge in [-0.3, -0.25) is 14.4 Å². The van der Waals surface area contributed by atoms with Crippen LogP contribution in [0, 0.1) is 18.3 Å². The fraction of sp³-hybridized carbons (Fsp3) is 0.343. The molecular weight excluding hydrogens is 498 g/mol. The summed E-state index contributed by atoms with van der Waals surface area (Å²) in [7, 11) is 3.48. The molecule has 5 nitrogen and oxygen atoms in total. The largest absolute Gasteiger partial charge is 0.455 e. The lowest BCUT2D eigenvalue weighted by Gasteiger charge is -2.62. The number of amides is 1. The fourth-order valence-electron chi connectivity index (χ4n) is 6.46. The van der Waals surface area contributed by atoms with E-state index in [0.717, 1.165) is 39.1 Å². The van der Waals surface area contributed by atoms with Gasteiger partial charge in [-0.05, 0) is 72.4 Å². The van der Waals surface area contributed by atoms with E-state index in [2.05, 4.69) is 0 Å². The molecule has 0 saturated heterocycles. The molecular formula is C35H35NO4. The van der Waals surface area contributed by atoms with Gasteiger partial charge in [0.05, 0.1) is 12.0 Å². The van der Waals surface area contributed by atoms with Gasteiger partial charge in [0.2, 0.25) is 5.91 Å². The number of hydrogen-bond donors (Lipinski definition) is 0. The summed E-state index contributed by atoms with van der Waals surface area (Å²) in [6, 6.07) is 19.5. The van der Waals surface area contributed by atoms with Gasteiger partial charge >= 0.3 is 0 Å². The zero-order chi connectivity index (χ0) is 28.2. The highest BCUT2D eigenvalue weighted by Crippen LogP contribution is 2.66. The van der Waals surface area contributed by atoms with Gasteiger partial charge in [0, 0.05) is 43.5 Å². The summed E-state index contributed by atoms with van der Waals surface area (Å²) in [6.45, 7) is 3.88. The van der Waals surface area contributed by atoms with E-state index in [1.165, 1.54) is 19.3 Å².